The molecule has 0 amide bonds. The second-order valence-electron chi connectivity index (χ2n) is 3.09. The monoisotopic (exact) mass is 179 g/mol. The van der Waals surface area contributed by atoms with E-state index in [0.717, 1.165) is 19.4 Å². The van der Waals surface area contributed by atoms with Crippen LogP contribution in [0, 0.1) is 0 Å². The van der Waals surface area contributed by atoms with Crippen LogP contribution in [0.1, 0.15) is 31.4 Å². The smallest absolute Gasteiger partial charge is 0.0950 e. The predicted octanol–water partition coefficient (Wildman–Crippen LogP) is 2.90. The molecule has 0 saturated heterocycles. The third-order valence-corrected chi connectivity index (χ3v) is 1.99. The normalized spacial score (nSPS) is 12.7. The predicted molar refractivity (Wildman–Crippen MR) is 54.6 cm³/mol. The van der Waals surface area contributed by atoms with E-state index in [1.165, 1.54) is 5.56 Å². The van der Waals surface area contributed by atoms with Crippen LogP contribution >= 0.6 is 0 Å². The van der Waals surface area contributed by atoms with Crippen LogP contribution in [0.4, 0.5) is 0 Å². The van der Waals surface area contributed by atoms with Crippen molar-refractivity contribution >= 4 is 0 Å². The molecule has 1 N–H and O–H groups in total. The molecule has 13 heavy (non-hydrogen) atoms. The molecule has 0 saturated carbocycles. The number of hydrogen-bond acceptors (Lipinski definition) is 2. The summed E-state index contributed by atoms with van der Waals surface area (Å²) < 4.78 is 5.05. The molecular weight excluding hydrogens is 162 g/mol. The van der Waals surface area contributed by atoms with Crippen LogP contribution in [0.25, 0.3) is 0 Å². The van der Waals surface area contributed by atoms with E-state index in [1.807, 2.05) is 12.1 Å². The molecule has 1 aromatic rings. The Kier molecular flexibility index (Phi) is 4.33. The molecule has 72 valence electrons. The zero-order valence-electron chi connectivity index (χ0n) is 8.12. The van der Waals surface area contributed by atoms with Gasteiger partial charge in [-0.3, -0.25) is 0 Å². The zero-order chi connectivity index (χ0) is 9.52. The Balaban J connectivity index is 2.51. The molecule has 0 aliphatic heterocycles. The standard InChI is InChI=1S/C11H17NO/c1-3-5-11(12-7-4-2)10-6-8-13-9-10/h3,6,8-9,11-12H,1,4-5,7H2,2H3. The summed E-state index contributed by atoms with van der Waals surface area (Å²) in [6, 6.07) is 2.35. The van der Waals surface area contributed by atoms with Crippen molar-refractivity contribution < 1.29 is 4.42 Å². The van der Waals surface area contributed by atoms with Crippen LogP contribution in [0.15, 0.2) is 35.7 Å². The van der Waals surface area contributed by atoms with Crippen LogP contribution in [0.5, 0.6) is 0 Å². The van der Waals surface area contributed by atoms with Gasteiger partial charge in [0.2, 0.25) is 0 Å². The summed E-state index contributed by atoms with van der Waals surface area (Å²) in [7, 11) is 0. The van der Waals surface area contributed by atoms with Gasteiger partial charge in [0.15, 0.2) is 0 Å². The Morgan fingerprint density at radius 3 is 3.08 bits per heavy atom. The third kappa shape index (κ3) is 3.07. The summed E-state index contributed by atoms with van der Waals surface area (Å²) in [4.78, 5) is 0. The second-order valence-corrected chi connectivity index (χ2v) is 3.09. The van der Waals surface area contributed by atoms with Gasteiger partial charge in [-0.05, 0) is 25.5 Å². The summed E-state index contributed by atoms with van der Waals surface area (Å²) in [5, 5.41) is 3.44. The van der Waals surface area contributed by atoms with Crippen molar-refractivity contribution in [3.05, 3.63) is 36.8 Å². The quantitative estimate of drug-likeness (QED) is 0.679. The SMILES string of the molecule is C=CCC(NCCC)c1ccoc1. The first kappa shape index (κ1) is 10.1. The largest absolute Gasteiger partial charge is 0.472 e. The van der Waals surface area contributed by atoms with Crippen molar-refractivity contribution in [1.82, 2.24) is 5.32 Å². The average Bonchev–Trinajstić information content (AvgIpc) is 2.65. The molecule has 0 spiro atoms. The number of nitrogens with one attached hydrogen (secondary N) is 1. The maximum absolute atomic E-state index is 5.05. The van der Waals surface area contributed by atoms with E-state index < -0.39 is 0 Å². The zero-order valence-corrected chi connectivity index (χ0v) is 8.12. The molecule has 0 fully saturated rings. The van der Waals surface area contributed by atoms with Gasteiger partial charge in [-0.2, -0.15) is 0 Å². The highest BCUT2D eigenvalue weighted by Crippen LogP contribution is 2.17. The molecule has 1 atom stereocenters. The molecule has 0 aliphatic rings. The first-order valence-electron chi connectivity index (χ1n) is 4.74. The number of furan rings is 1. The van der Waals surface area contributed by atoms with Crippen molar-refractivity contribution in [2.24, 2.45) is 0 Å². The Morgan fingerprint density at radius 2 is 2.54 bits per heavy atom. The average molecular weight is 179 g/mol. The Labute approximate surface area is 79.6 Å². The molecule has 0 aromatic carbocycles. The van der Waals surface area contributed by atoms with E-state index >= 15 is 0 Å². The van der Waals surface area contributed by atoms with Crippen LogP contribution < -0.4 is 5.32 Å². The lowest BCUT2D eigenvalue weighted by Gasteiger charge is -2.14. The molecule has 2 heteroatoms. The van der Waals surface area contributed by atoms with Crippen molar-refractivity contribution in [1.29, 1.82) is 0 Å². The molecule has 0 bridgehead atoms. The minimum absolute atomic E-state index is 0.358. The highest BCUT2D eigenvalue weighted by atomic mass is 16.3. The molecule has 0 aliphatic carbocycles. The van der Waals surface area contributed by atoms with E-state index in [0.29, 0.717) is 6.04 Å². The van der Waals surface area contributed by atoms with E-state index in [4.69, 9.17) is 4.42 Å². The molecule has 2 nitrogen and oxygen atoms in total. The lowest BCUT2D eigenvalue weighted by Crippen LogP contribution is -2.21. The van der Waals surface area contributed by atoms with Crippen molar-refractivity contribution in [2.45, 2.75) is 25.8 Å². The first-order valence-corrected chi connectivity index (χ1v) is 4.74. The van der Waals surface area contributed by atoms with Gasteiger partial charge in [0, 0.05) is 11.6 Å². The summed E-state index contributed by atoms with van der Waals surface area (Å²) in [6.07, 6.45) is 7.52. The van der Waals surface area contributed by atoms with Gasteiger partial charge in [-0.15, -0.1) is 6.58 Å². The van der Waals surface area contributed by atoms with Crippen molar-refractivity contribution in [3.63, 3.8) is 0 Å². The highest BCUT2D eigenvalue weighted by Gasteiger charge is 2.08. The van der Waals surface area contributed by atoms with Crippen molar-refractivity contribution in [3.8, 4) is 0 Å². The van der Waals surface area contributed by atoms with Crippen molar-refractivity contribution in [2.75, 3.05) is 6.54 Å². The second kappa shape index (κ2) is 5.60. The molecule has 1 heterocycles. The minimum Gasteiger partial charge on any atom is -0.472 e. The van der Waals surface area contributed by atoms with Crippen LogP contribution in [0.2, 0.25) is 0 Å². The molecule has 0 radical (unpaired) electrons. The minimum atomic E-state index is 0.358. The molecule has 1 rings (SSSR count). The fraction of sp³-hybridized carbons (Fsp3) is 0.455. The maximum atomic E-state index is 5.05. The van der Waals surface area contributed by atoms with Gasteiger partial charge in [0.25, 0.3) is 0 Å². The number of rotatable bonds is 6. The van der Waals surface area contributed by atoms with Crippen LogP contribution in [-0.2, 0) is 0 Å². The Morgan fingerprint density at radius 1 is 1.69 bits per heavy atom. The van der Waals surface area contributed by atoms with Gasteiger partial charge in [-0.1, -0.05) is 13.0 Å². The summed E-state index contributed by atoms with van der Waals surface area (Å²) in [5.41, 5.74) is 1.20. The molecule has 1 aromatic heterocycles. The Hall–Kier alpha value is -1.02. The summed E-state index contributed by atoms with van der Waals surface area (Å²) in [5.74, 6) is 0. The first-order chi connectivity index (χ1) is 6.38. The molecule has 1 unspecified atom stereocenters. The summed E-state index contributed by atoms with van der Waals surface area (Å²) in [6.45, 7) is 6.94. The van der Waals surface area contributed by atoms with Gasteiger partial charge in [-0.25, -0.2) is 0 Å². The van der Waals surface area contributed by atoms with Crippen LogP contribution in [-0.4, -0.2) is 6.54 Å². The fourth-order valence-corrected chi connectivity index (χ4v) is 1.30. The fourth-order valence-electron chi connectivity index (χ4n) is 1.30. The van der Waals surface area contributed by atoms with E-state index in [1.54, 1.807) is 12.5 Å². The van der Waals surface area contributed by atoms with Gasteiger partial charge in [0.05, 0.1) is 12.5 Å². The van der Waals surface area contributed by atoms with E-state index in [9.17, 15) is 0 Å². The van der Waals surface area contributed by atoms with E-state index in [2.05, 4.69) is 18.8 Å². The maximum Gasteiger partial charge on any atom is 0.0950 e. The van der Waals surface area contributed by atoms with Gasteiger partial charge < -0.3 is 9.73 Å². The van der Waals surface area contributed by atoms with Crippen LogP contribution in [0.3, 0.4) is 0 Å². The summed E-state index contributed by atoms with van der Waals surface area (Å²) >= 11 is 0. The Bertz CT molecular complexity index is 228. The topological polar surface area (TPSA) is 25.2 Å². The molecular formula is C11H17NO. The lowest BCUT2D eigenvalue weighted by molar-refractivity contribution is 0.518. The van der Waals surface area contributed by atoms with Gasteiger partial charge in [0.1, 0.15) is 0 Å². The lowest BCUT2D eigenvalue weighted by atomic mass is 10.1. The third-order valence-electron chi connectivity index (χ3n) is 1.99. The number of hydrogen-bond donors (Lipinski definition) is 1. The highest BCUT2D eigenvalue weighted by molar-refractivity contribution is 5.12. The van der Waals surface area contributed by atoms with E-state index in [-0.39, 0.29) is 0 Å². The van der Waals surface area contributed by atoms with Gasteiger partial charge >= 0.3 is 0 Å².